The molecule has 1 amide bonds. The Kier molecular flexibility index (Phi) is 5.07. The van der Waals surface area contributed by atoms with E-state index in [0.29, 0.717) is 18.7 Å². The topological polar surface area (TPSA) is 99.7 Å². The van der Waals surface area contributed by atoms with Crippen LogP contribution in [0.3, 0.4) is 0 Å². The second-order valence-corrected chi connectivity index (χ2v) is 6.91. The summed E-state index contributed by atoms with van der Waals surface area (Å²) < 4.78 is 5.46. The number of rotatable bonds is 3. The molecule has 0 saturated carbocycles. The number of carbonyl (C=O) groups excluding carboxylic acids is 1. The van der Waals surface area contributed by atoms with E-state index in [-0.39, 0.29) is 24.1 Å². The van der Waals surface area contributed by atoms with E-state index >= 15 is 0 Å². The highest BCUT2D eigenvalue weighted by Gasteiger charge is 2.35. The first-order valence-corrected chi connectivity index (χ1v) is 8.39. The van der Waals surface area contributed by atoms with E-state index in [1.165, 1.54) is 0 Å². The lowest BCUT2D eigenvalue weighted by Crippen LogP contribution is -2.29. The highest BCUT2D eigenvalue weighted by Crippen LogP contribution is 2.23. The molecule has 26 heavy (non-hydrogen) atoms. The van der Waals surface area contributed by atoms with Gasteiger partial charge in [-0.05, 0) is 38.3 Å². The molecule has 1 aliphatic heterocycles. The predicted octanol–water partition coefficient (Wildman–Crippen LogP) is 0.868. The number of hydrogen-bond donors (Lipinski definition) is 2. The molecule has 0 unspecified atom stereocenters. The molecule has 0 radical (unpaired) electrons. The molecule has 0 aromatic carbocycles. The zero-order chi connectivity index (χ0) is 18.7. The summed E-state index contributed by atoms with van der Waals surface area (Å²) in [5.41, 5.74) is -0.350. The summed E-state index contributed by atoms with van der Waals surface area (Å²) in [4.78, 5) is 22.4. The van der Waals surface area contributed by atoms with Crippen LogP contribution >= 0.6 is 0 Å². The van der Waals surface area contributed by atoms with Gasteiger partial charge in [-0.3, -0.25) is 14.8 Å². The Labute approximate surface area is 151 Å². The number of aliphatic hydroxyl groups is 2. The number of nitrogens with zero attached hydrogens (tertiary/aromatic N) is 3. The van der Waals surface area contributed by atoms with Gasteiger partial charge < -0.3 is 19.5 Å². The van der Waals surface area contributed by atoms with Gasteiger partial charge in [0.2, 0.25) is 0 Å². The minimum atomic E-state index is -1.14. The summed E-state index contributed by atoms with van der Waals surface area (Å²) in [5, 5.41) is 19.9. The molecule has 0 aliphatic carbocycles. The first kappa shape index (κ1) is 18.1. The van der Waals surface area contributed by atoms with Crippen LogP contribution < -0.4 is 0 Å². The van der Waals surface area contributed by atoms with E-state index in [0.717, 1.165) is 5.69 Å². The average Bonchev–Trinajstić information content (AvgIpc) is 3.20. The fraction of sp³-hybridized carbons (Fsp3) is 0.421. The largest absolute Gasteiger partial charge is 0.443 e. The second-order valence-electron chi connectivity index (χ2n) is 6.91. The summed E-state index contributed by atoms with van der Waals surface area (Å²) >= 11 is 0. The number of β-amino-alcohol motifs (C(OH)–C–C–N with tert-alkyl or cyclic N) is 1. The zero-order valence-corrected chi connectivity index (χ0v) is 14.7. The van der Waals surface area contributed by atoms with Crippen LogP contribution in [0, 0.1) is 17.8 Å². The Morgan fingerprint density at radius 1 is 1.38 bits per heavy atom. The van der Waals surface area contributed by atoms with Crippen molar-refractivity contribution in [3.63, 3.8) is 0 Å². The Morgan fingerprint density at radius 3 is 2.88 bits per heavy atom. The van der Waals surface area contributed by atoms with Gasteiger partial charge in [0.25, 0.3) is 5.91 Å². The van der Waals surface area contributed by atoms with Crippen molar-refractivity contribution in [3.05, 3.63) is 47.9 Å². The Bertz CT molecular complexity index is 830. The first-order valence-electron chi connectivity index (χ1n) is 8.39. The normalized spacial score (nSPS) is 19.9. The van der Waals surface area contributed by atoms with Crippen LogP contribution in [0.2, 0.25) is 0 Å². The molecule has 2 atom stereocenters. The van der Waals surface area contributed by atoms with Crippen molar-refractivity contribution in [1.29, 1.82) is 0 Å². The monoisotopic (exact) mass is 355 g/mol. The smallest absolute Gasteiger partial charge is 0.289 e. The standard InChI is InChI=1S/C19H21N3O4/c1-19(2,25)6-5-15-3-4-17(26-15)18(24)22-11-13(16(23)12-22)9-14-10-20-7-8-21-14/h3-4,7-8,10,13,16,23,25H,9,11-12H2,1-2H3/t13-,16-/m1/s1. The summed E-state index contributed by atoms with van der Waals surface area (Å²) in [6.45, 7) is 3.80. The van der Waals surface area contributed by atoms with E-state index in [1.54, 1.807) is 49.5 Å². The van der Waals surface area contributed by atoms with Gasteiger partial charge in [0.15, 0.2) is 11.5 Å². The molecule has 7 heteroatoms. The van der Waals surface area contributed by atoms with Gasteiger partial charge in [-0.15, -0.1) is 0 Å². The molecule has 7 nitrogen and oxygen atoms in total. The van der Waals surface area contributed by atoms with Crippen LogP contribution in [0.1, 0.15) is 35.9 Å². The average molecular weight is 355 g/mol. The predicted molar refractivity (Wildman–Crippen MR) is 93.0 cm³/mol. The quantitative estimate of drug-likeness (QED) is 0.793. The van der Waals surface area contributed by atoms with E-state index < -0.39 is 11.7 Å². The molecule has 3 rings (SSSR count). The van der Waals surface area contributed by atoms with E-state index in [1.807, 2.05) is 0 Å². The molecule has 3 heterocycles. The van der Waals surface area contributed by atoms with E-state index in [4.69, 9.17) is 4.42 Å². The highest BCUT2D eigenvalue weighted by atomic mass is 16.4. The molecular weight excluding hydrogens is 334 g/mol. The molecule has 136 valence electrons. The lowest BCUT2D eigenvalue weighted by Gasteiger charge is -2.14. The number of likely N-dealkylation sites (tertiary alicyclic amines) is 1. The maximum absolute atomic E-state index is 12.6. The van der Waals surface area contributed by atoms with Crippen LogP contribution in [0.5, 0.6) is 0 Å². The molecule has 2 aromatic rings. The van der Waals surface area contributed by atoms with Crippen molar-refractivity contribution in [3.8, 4) is 11.8 Å². The van der Waals surface area contributed by atoms with Gasteiger partial charge in [-0.1, -0.05) is 5.92 Å². The van der Waals surface area contributed by atoms with Crippen LogP contribution in [0.4, 0.5) is 0 Å². The number of hydrogen-bond acceptors (Lipinski definition) is 6. The third-order valence-corrected chi connectivity index (χ3v) is 4.09. The van der Waals surface area contributed by atoms with Gasteiger partial charge in [-0.25, -0.2) is 0 Å². The molecule has 0 spiro atoms. The number of aliphatic hydroxyl groups excluding tert-OH is 1. The van der Waals surface area contributed by atoms with Crippen LogP contribution in [0.15, 0.2) is 35.1 Å². The number of amides is 1. The van der Waals surface area contributed by atoms with E-state index in [2.05, 4.69) is 21.8 Å². The lowest BCUT2D eigenvalue weighted by atomic mass is 10.0. The molecule has 1 aliphatic rings. The lowest BCUT2D eigenvalue weighted by molar-refractivity contribution is 0.0733. The number of carbonyl (C=O) groups is 1. The molecule has 1 fully saturated rings. The number of furan rings is 1. The molecule has 0 bridgehead atoms. The minimum Gasteiger partial charge on any atom is -0.443 e. The van der Waals surface area contributed by atoms with Gasteiger partial charge in [0.05, 0.1) is 11.8 Å². The van der Waals surface area contributed by atoms with Crippen molar-refractivity contribution in [2.45, 2.75) is 32.0 Å². The zero-order valence-electron chi connectivity index (χ0n) is 14.7. The van der Waals surface area contributed by atoms with Crippen LogP contribution in [-0.4, -0.2) is 55.8 Å². The summed E-state index contributed by atoms with van der Waals surface area (Å²) in [5.74, 6) is 5.42. The van der Waals surface area contributed by atoms with Gasteiger partial charge in [0, 0.05) is 37.6 Å². The summed E-state index contributed by atoms with van der Waals surface area (Å²) in [7, 11) is 0. The van der Waals surface area contributed by atoms with Gasteiger partial charge >= 0.3 is 0 Å². The van der Waals surface area contributed by atoms with E-state index in [9.17, 15) is 15.0 Å². The fourth-order valence-electron chi connectivity index (χ4n) is 2.81. The Hall–Kier alpha value is -2.69. The summed E-state index contributed by atoms with van der Waals surface area (Å²) in [6.07, 6.45) is 4.81. The fourth-order valence-corrected chi connectivity index (χ4v) is 2.81. The van der Waals surface area contributed by atoms with Crippen molar-refractivity contribution in [1.82, 2.24) is 14.9 Å². The maximum atomic E-state index is 12.6. The molecule has 1 saturated heterocycles. The van der Waals surface area contributed by atoms with Gasteiger partial charge in [0.1, 0.15) is 5.60 Å². The Balaban J connectivity index is 1.65. The molecule has 2 aromatic heterocycles. The Morgan fingerprint density at radius 2 is 2.19 bits per heavy atom. The second kappa shape index (κ2) is 7.28. The maximum Gasteiger partial charge on any atom is 0.289 e. The third-order valence-electron chi connectivity index (χ3n) is 4.09. The minimum absolute atomic E-state index is 0.0972. The third kappa shape index (κ3) is 4.48. The molecule has 2 N–H and O–H groups in total. The van der Waals surface area contributed by atoms with Crippen molar-refractivity contribution in [2.75, 3.05) is 13.1 Å². The van der Waals surface area contributed by atoms with Crippen molar-refractivity contribution in [2.24, 2.45) is 5.92 Å². The SMILES string of the molecule is CC(C)(O)C#Cc1ccc(C(=O)N2C[C@@H](Cc3cnccn3)[C@H](O)C2)o1. The van der Waals surface area contributed by atoms with Crippen molar-refractivity contribution >= 4 is 5.91 Å². The highest BCUT2D eigenvalue weighted by molar-refractivity contribution is 5.91. The van der Waals surface area contributed by atoms with Crippen molar-refractivity contribution < 1.29 is 19.4 Å². The number of aromatic nitrogens is 2. The van der Waals surface area contributed by atoms with Crippen LogP contribution in [-0.2, 0) is 6.42 Å². The molecular formula is C19H21N3O4. The van der Waals surface area contributed by atoms with Gasteiger partial charge in [-0.2, -0.15) is 0 Å². The summed E-state index contributed by atoms with van der Waals surface area (Å²) in [6, 6.07) is 3.15. The van der Waals surface area contributed by atoms with Crippen LogP contribution in [0.25, 0.3) is 0 Å². The first-order chi connectivity index (χ1) is 12.3.